The van der Waals surface area contributed by atoms with Crippen LogP contribution in [-0.2, 0) is 45.9 Å². The first kappa shape index (κ1) is 46.2. The lowest BCUT2D eigenvalue weighted by Crippen LogP contribution is -2.46. The van der Waals surface area contributed by atoms with Crippen LogP contribution in [0, 0.1) is 5.41 Å². The highest BCUT2D eigenvalue weighted by Gasteiger charge is 2.50. The molecule has 2 aromatic rings. The number of hydrogen-bond acceptors (Lipinski definition) is 18. The second kappa shape index (κ2) is 19.8. The molecule has 11 N–H and O–H groups in total. The Morgan fingerprint density at radius 2 is 1.74 bits per heavy atom. The predicted octanol–water partition coefficient (Wildman–Crippen LogP) is -0.701. The van der Waals surface area contributed by atoms with Gasteiger partial charge in [0.2, 0.25) is 11.8 Å². The summed E-state index contributed by atoms with van der Waals surface area (Å²) in [5.41, 5.74) is 4.29. The highest BCUT2D eigenvalue weighted by atomic mass is 32.2. The Balaban J connectivity index is 1.49. The number of rotatable bonds is 23. The lowest BCUT2D eigenvalue weighted by atomic mass is 9.87. The molecule has 24 nitrogen and oxygen atoms in total. The molecule has 0 bridgehead atoms. The van der Waals surface area contributed by atoms with Crippen LogP contribution in [0.5, 0.6) is 0 Å². The Bertz CT molecular complexity index is 1720. The van der Waals surface area contributed by atoms with Crippen molar-refractivity contribution in [3.8, 4) is 0 Å². The highest BCUT2D eigenvalue weighted by Crippen LogP contribution is 2.61. The smallest absolute Gasteiger partial charge is 0.393 e. The number of carbonyl (C=O) groups excluding carboxylic acids is 2. The monoisotopic (exact) mass is 853 g/mol. The van der Waals surface area contributed by atoms with E-state index in [9.17, 15) is 58.2 Å². The van der Waals surface area contributed by atoms with Gasteiger partial charge in [-0.2, -0.15) is 16.1 Å². The summed E-state index contributed by atoms with van der Waals surface area (Å²) in [5, 5.41) is 36.0. The Hall–Kier alpha value is -2.15. The standard InChI is InChI=1S/C26H46N7O17P3S/c1-4-15(34)6-9-54-10-8-28-17(35)5-7-29-24(38)21(37)26(2,3)12-47-53(44,45)50-52(42,43)46-11-16-20(49-51(39,40)41)19(36)25(48-16)33-14-32-18-22(27)30-13-31-23(18)33/h13-16,19-21,25,34,36-37H,4-12H2,1-3H3,(H,28,35)(H,29,38)(H,42,43)(H,44,45)(H2,27,30,31)(H2,39,40,41)/t15-,16-,19-,20-,21?,25-/m1/s1. The summed E-state index contributed by atoms with van der Waals surface area (Å²) in [7, 11) is -16.3. The molecule has 1 aliphatic heterocycles. The number of thioether (sulfide) groups is 1. The van der Waals surface area contributed by atoms with Crippen molar-refractivity contribution < 1.29 is 80.8 Å². The molecule has 3 rings (SSSR count). The van der Waals surface area contributed by atoms with E-state index in [1.807, 2.05) is 6.92 Å². The van der Waals surface area contributed by atoms with Crippen molar-refractivity contribution in [1.82, 2.24) is 30.2 Å². The van der Waals surface area contributed by atoms with E-state index in [2.05, 4.69) is 34.4 Å². The first-order valence-electron chi connectivity index (χ1n) is 16.2. The molecule has 1 aliphatic rings. The maximum Gasteiger partial charge on any atom is 0.481 e. The zero-order valence-corrected chi connectivity index (χ0v) is 32.8. The van der Waals surface area contributed by atoms with Gasteiger partial charge < -0.3 is 56.0 Å². The molecule has 0 radical (unpaired) electrons. The van der Waals surface area contributed by atoms with Crippen molar-refractivity contribution in [3.05, 3.63) is 12.7 Å². The van der Waals surface area contributed by atoms with Gasteiger partial charge in [0.15, 0.2) is 17.7 Å². The van der Waals surface area contributed by atoms with Crippen LogP contribution in [0.25, 0.3) is 11.2 Å². The SMILES string of the molecule is CC[C@@H](O)CCSCCNC(=O)CCNC(=O)C(O)C(C)(C)COP(=O)(O)OP(=O)(O)OC[C@H]1O[C@@H](n2cnc3c(N)ncnc32)[C@H](O)[C@@H]1OP(=O)(O)O. The second-order valence-electron chi connectivity index (χ2n) is 12.5. The molecule has 3 unspecified atom stereocenters. The number of aliphatic hydroxyl groups excluding tert-OH is 3. The summed E-state index contributed by atoms with van der Waals surface area (Å²) in [6, 6.07) is 0. The lowest BCUT2D eigenvalue weighted by molar-refractivity contribution is -0.137. The van der Waals surface area contributed by atoms with Crippen molar-refractivity contribution in [3.63, 3.8) is 0 Å². The van der Waals surface area contributed by atoms with Gasteiger partial charge in [-0.15, -0.1) is 0 Å². The van der Waals surface area contributed by atoms with Gasteiger partial charge in [-0.3, -0.25) is 27.7 Å². The molecular formula is C26H46N7O17P3S. The van der Waals surface area contributed by atoms with Gasteiger partial charge in [0.05, 0.1) is 25.6 Å². The van der Waals surface area contributed by atoms with E-state index < -0.39 is 78.6 Å². The number of nitrogens with one attached hydrogen (secondary N) is 2. The van der Waals surface area contributed by atoms with Crippen molar-refractivity contribution in [2.24, 2.45) is 5.41 Å². The largest absolute Gasteiger partial charge is 0.481 e. The molecule has 2 aromatic heterocycles. The van der Waals surface area contributed by atoms with E-state index in [0.717, 1.165) is 23.0 Å². The molecule has 2 amide bonds. The van der Waals surface area contributed by atoms with E-state index in [1.54, 1.807) is 11.8 Å². The predicted molar refractivity (Wildman–Crippen MR) is 188 cm³/mol. The average Bonchev–Trinajstić information content (AvgIpc) is 3.64. The highest BCUT2D eigenvalue weighted by molar-refractivity contribution is 7.99. The summed E-state index contributed by atoms with van der Waals surface area (Å²) >= 11 is 1.57. The minimum absolute atomic E-state index is 0.0350. The maximum atomic E-state index is 12.7. The minimum atomic E-state index is -5.55. The van der Waals surface area contributed by atoms with Gasteiger partial charge in [0.25, 0.3) is 0 Å². The first-order chi connectivity index (χ1) is 25.1. The Morgan fingerprint density at radius 1 is 1.06 bits per heavy atom. The molecule has 3 heterocycles. The van der Waals surface area contributed by atoms with E-state index in [1.165, 1.54) is 13.8 Å². The second-order valence-corrected chi connectivity index (χ2v) is 18.0. The van der Waals surface area contributed by atoms with Gasteiger partial charge in [0.1, 0.15) is 36.3 Å². The number of nitrogens with zero attached hydrogens (tertiary/aromatic N) is 4. The number of anilines is 1. The average molecular weight is 854 g/mol. The van der Waals surface area contributed by atoms with Crippen LogP contribution in [0.2, 0.25) is 0 Å². The molecule has 1 fully saturated rings. The molecule has 1 saturated heterocycles. The molecular weight excluding hydrogens is 807 g/mol. The van der Waals surface area contributed by atoms with Crippen LogP contribution in [0.15, 0.2) is 12.7 Å². The molecule has 0 spiro atoms. The van der Waals surface area contributed by atoms with Crippen LogP contribution >= 0.6 is 35.2 Å². The third kappa shape index (κ3) is 14.1. The number of carbonyl (C=O) groups is 2. The minimum Gasteiger partial charge on any atom is -0.393 e. The lowest BCUT2D eigenvalue weighted by Gasteiger charge is -2.30. The van der Waals surface area contributed by atoms with E-state index in [0.29, 0.717) is 25.1 Å². The molecule has 8 atom stereocenters. The molecule has 0 aromatic carbocycles. The van der Waals surface area contributed by atoms with Crippen LogP contribution in [0.1, 0.15) is 46.3 Å². The zero-order chi connectivity index (χ0) is 40.5. The number of nitrogens with two attached hydrogens (primary N) is 1. The van der Waals surface area contributed by atoms with Gasteiger partial charge in [-0.05, 0) is 18.6 Å². The third-order valence-corrected chi connectivity index (χ3v) is 11.8. The van der Waals surface area contributed by atoms with Gasteiger partial charge in [-0.1, -0.05) is 20.8 Å². The number of imidazole rings is 1. The number of aliphatic hydroxyl groups is 3. The number of nitrogen functional groups attached to an aromatic ring is 1. The van der Waals surface area contributed by atoms with E-state index >= 15 is 0 Å². The summed E-state index contributed by atoms with van der Waals surface area (Å²) < 4.78 is 62.0. The number of amides is 2. The zero-order valence-electron chi connectivity index (χ0n) is 29.3. The third-order valence-electron chi connectivity index (χ3n) is 7.71. The van der Waals surface area contributed by atoms with E-state index in [4.69, 9.17) is 19.5 Å². The summed E-state index contributed by atoms with van der Waals surface area (Å²) in [5.74, 6) is 0.0251. The molecule has 308 valence electrons. The first-order valence-corrected chi connectivity index (χ1v) is 21.9. The molecule has 0 aliphatic carbocycles. The van der Waals surface area contributed by atoms with Crippen LogP contribution in [-0.4, -0.2) is 135 Å². The molecule has 28 heteroatoms. The maximum absolute atomic E-state index is 12.7. The number of phosphoric ester groups is 3. The number of aromatic nitrogens is 4. The van der Waals surface area contributed by atoms with Crippen LogP contribution in [0.3, 0.4) is 0 Å². The fourth-order valence-electron chi connectivity index (χ4n) is 4.73. The van der Waals surface area contributed by atoms with Crippen molar-refractivity contribution in [2.75, 3.05) is 43.5 Å². The fraction of sp³-hybridized carbons (Fsp3) is 0.731. The summed E-state index contributed by atoms with van der Waals surface area (Å²) in [6.45, 7) is 2.65. The van der Waals surface area contributed by atoms with E-state index in [-0.39, 0.29) is 42.0 Å². The summed E-state index contributed by atoms with van der Waals surface area (Å²) in [6.07, 6.45) is -5.83. The molecule has 0 saturated carbocycles. The van der Waals surface area contributed by atoms with Crippen LogP contribution < -0.4 is 16.4 Å². The number of fused-ring (bicyclic) bond motifs is 1. The fourth-order valence-corrected chi connectivity index (χ4v) is 8.45. The summed E-state index contributed by atoms with van der Waals surface area (Å²) in [4.78, 5) is 75.4. The topological polar surface area (TPSA) is 367 Å². The van der Waals surface area contributed by atoms with Crippen molar-refractivity contribution in [1.29, 1.82) is 0 Å². The van der Waals surface area contributed by atoms with Crippen molar-refractivity contribution >= 4 is 64.0 Å². The Labute approximate surface area is 313 Å². The van der Waals surface area contributed by atoms with Gasteiger partial charge >= 0.3 is 23.5 Å². The normalized spacial score (nSPS) is 22.7. The van der Waals surface area contributed by atoms with Crippen LogP contribution in [0.4, 0.5) is 5.82 Å². The Morgan fingerprint density at radius 3 is 2.41 bits per heavy atom. The number of hydrogen-bond donors (Lipinski definition) is 10. The number of ether oxygens (including phenoxy) is 1. The van der Waals surface area contributed by atoms with Gasteiger partial charge in [-0.25, -0.2) is 28.6 Å². The van der Waals surface area contributed by atoms with Gasteiger partial charge in [0, 0.05) is 30.7 Å². The quantitative estimate of drug-likeness (QED) is 0.0488. The van der Waals surface area contributed by atoms with Crippen molar-refractivity contribution in [2.45, 2.75) is 76.8 Å². The number of phosphoric acid groups is 3. The molecule has 54 heavy (non-hydrogen) atoms. The Kier molecular flexibility index (Phi) is 17.0.